The minimum absolute atomic E-state index is 0.119. The first kappa shape index (κ1) is 30.2. The van der Waals surface area contributed by atoms with Crippen LogP contribution in [0.4, 0.5) is 0 Å². The first-order valence-electron chi connectivity index (χ1n) is 14.4. The molecule has 3 heterocycles. The third kappa shape index (κ3) is 7.21. The van der Waals surface area contributed by atoms with Crippen molar-refractivity contribution in [3.63, 3.8) is 0 Å². The van der Waals surface area contributed by atoms with E-state index in [-0.39, 0.29) is 37.9 Å². The lowest BCUT2D eigenvalue weighted by Crippen LogP contribution is -2.58. The summed E-state index contributed by atoms with van der Waals surface area (Å²) < 4.78 is 23.2. The van der Waals surface area contributed by atoms with Gasteiger partial charge in [-0.15, -0.1) is 0 Å². The number of aryl methyl sites for hydroxylation is 1. The summed E-state index contributed by atoms with van der Waals surface area (Å²) in [5.74, 6) is 1.16. The van der Waals surface area contributed by atoms with Crippen molar-refractivity contribution in [3.05, 3.63) is 82.9 Å². The van der Waals surface area contributed by atoms with E-state index < -0.39 is 18.1 Å². The Balaban J connectivity index is 1.42. The van der Waals surface area contributed by atoms with Gasteiger partial charge in [-0.2, -0.15) is 5.26 Å². The first-order valence-corrected chi connectivity index (χ1v) is 14.4. The molecule has 11 heteroatoms. The molecule has 228 valence electrons. The second-order valence-corrected chi connectivity index (χ2v) is 10.6. The van der Waals surface area contributed by atoms with Gasteiger partial charge in [0.2, 0.25) is 5.91 Å². The van der Waals surface area contributed by atoms with Gasteiger partial charge in [0, 0.05) is 49.7 Å². The number of carbonyl (C=O) groups is 3. The van der Waals surface area contributed by atoms with Crippen LogP contribution in [-0.2, 0) is 22.6 Å². The fourth-order valence-corrected chi connectivity index (χ4v) is 5.34. The van der Waals surface area contributed by atoms with Gasteiger partial charge in [-0.05, 0) is 54.4 Å². The van der Waals surface area contributed by atoms with Crippen molar-refractivity contribution in [1.29, 1.82) is 5.26 Å². The minimum atomic E-state index is -0.566. The molecule has 0 spiro atoms. The molecule has 0 aliphatic carbocycles. The van der Waals surface area contributed by atoms with Gasteiger partial charge in [0.25, 0.3) is 11.8 Å². The number of piperidine rings is 1. The maximum absolute atomic E-state index is 13.4. The molecule has 11 nitrogen and oxygen atoms in total. The molecule has 3 aliphatic heterocycles. The van der Waals surface area contributed by atoms with Crippen LogP contribution in [0.15, 0.2) is 60.7 Å². The van der Waals surface area contributed by atoms with E-state index in [2.05, 4.69) is 16.7 Å². The van der Waals surface area contributed by atoms with Crippen molar-refractivity contribution in [2.45, 2.75) is 38.0 Å². The number of nitrogens with one attached hydrogen (secondary N) is 2. The summed E-state index contributed by atoms with van der Waals surface area (Å²) >= 11 is 0. The molecule has 1 saturated heterocycles. The molecule has 2 atom stereocenters. The fraction of sp³-hybridized carbons (Fsp3) is 0.333. The summed E-state index contributed by atoms with van der Waals surface area (Å²) in [4.78, 5) is 40.9. The number of fused-ring (bicyclic) bond motifs is 9. The van der Waals surface area contributed by atoms with Gasteiger partial charge in [-0.3, -0.25) is 14.4 Å². The molecular weight excluding hydrogens is 564 g/mol. The molecule has 44 heavy (non-hydrogen) atoms. The van der Waals surface area contributed by atoms with Crippen molar-refractivity contribution in [2.75, 3.05) is 33.9 Å². The van der Waals surface area contributed by atoms with Gasteiger partial charge in [0.1, 0.15) is 17.6 Å². The van der Waals surface area contributed by atoms with Crippen molar-refractivity contribution in [1.82, 2.24) is 15.5 Å². The summed E-state index contributed by atoms with van der Waals surface area (Å²) in [5.41, 5.74) is 2.43. The van der Waals surface area contributed by atoms with Crippen molar-refractivity contribution in [3.8, 4) is 29.1 Å². The predicted molar refractivity (Wildman–Crippen MR) is 160 cm³/mol. The molecule has 0 saturated carbocycles. The summed E-state index contributed by atoms with van der Waals surface area (Å²) in [6, 6.07) is 18.8. The van der Waals surface area contributed by atoms with Crippen molar-refractivity contribution < 1.29 is 33.3 Å². The molecule has 3 amide bonds. The average Bonchev–Trinajstić information content (AvgIpc) is 3.05. The van der Waals surface area contributed by atoms with Crippen LogP contribution in [-0.4, -0.2) is 68.7 Å². The lowest BCUT2D eigenvalue weighted by molar-refractivity contribution is -0.125. The number of nitriles is 1. The Hall–Kier alpha value is -5.24. The third-order valence-electron chi connectivity index (χ3n) is 7.67. The van der Waals surface area contributed by atoms with E-state index >= 15 is 0 Å². The largest absolute Gasteiger partial charge is 0.496 e. The molecule has 0 radical (unpaired) electrons. The number of ether oxygens (including phenoxy) is 4. The molecule has 4 bridgehead atoms. The number of methoxy groups -OCH3 is 2. The van der Waals surface area contributed by atoms with Crippen LogP contribution in [0.5, 0.6) is 23.0 Å². The van der Waals surface area contributed by atoms with Crippen LogP contribution in [0.2, 0.25) is 0 Å². The number of carbonyl (C=O) groups excluding carboxylic acids is 3. The van der Waals surface area contributed by atoms with Crippen LogP contribution in [0, 0.1) is 11.3 Å². The SMILES string of the molecule is COc1cc2ccc1CNC(=O)CCc1ccc(OC)c(c1)OCC(=O)N[C@@H]1CN(C(=O)c3cccc(C#N)c3)CC[C@@H]1O2. The van der Waals surface area contributed by atoms with Crippen LogP contribution in [0.25, 0.3) is 0 Å². The zero-order valence-corrected chi connectivity index (χ0v) is 24.6. The summed E-state index contributed by atoms with van der Waals surface area (Å²) in [6.45, 7) is 0.552. The third-order valence-corrected chi connectivity index (χ3v) is 7.67. The highest BCUT2D eigenvalue weighted by Crippen LogP contribution is 2.30. The van der Waals surface area contributed by atoms with Gasteiger partial charge in [0.05, 0.1) is 31.9 Å². The maximum Gasteiger partial charge on any atom is 0.258 e. The number of amides is 3. The number of benzene rings is 3. The van der Waals surface area contributed by atoms with E-state index in [0.717, 1.165) is 11.1 Å². The first-order chi connectivity index (χ1) is 21.4. The Bertz CT molecular complexity index is 1580. The quantitative estimate of drug-likeness (QED) is 0.469. The van der Waals surface area contributed by atoms with Crippen LogP contribution in [0.3, 0.4) is 0 Å². The van der Waals surface area contributed by atoms with Crippen LogP contribution >= 0.6 is 0 Å². The smallest absolute Gasteiger partial charge is 0.258 e. The lowest BCUT2D eigenvalue weighted by Gasteiger charge is -2.39. The van der Waals surface area contributed by atoms with E-state index in [1.165, 1.54) is 7.11 Å². The summed E-state index contributed by atoms with van der Waals surface area (Å²) in [7, 11) is 3.06. The van der Waals surface area contributed by atoms with Gasteiger partial charge in [-0.1, -0.05) is 12.1 Å². The fourth-order valence-electron chi connectivity index (χ4n) is 5.34. The molecule has 0 unspecified atom stereocenters. The van der Waals surface area contributed by atoms with Gasteiger partial charge >= 0.3 is 0 Å². The van der Waals surface area contributed by atoms with Crippen molar-refractivity contribution in [2.24, 2.45) is 0 Å². The van der Waals surface area contributed by atoms with Gasteiger partial charge in [0.15, 0.2) is 18.1 Å². The summed E-state index contributed by atoms with van der Waals surface area (Å²) in [6.07, 6.45) is 0.692. The maximum atomic E-state index is 13.4. The standard InChI is InChI=1S/C33H34N4O7/c1-41-28-10-6-21-7-11-31(38)35-18-24-8-9-25(16-29(24)42-2)44-27-12-13-37(33(40)23-5-3-4-22(14-23)17-34)19-26(27)36-32(39)20-43-30(28)15-21/h3-6,8-10,14-16,26-27H,7,11-13,18-20H2,1-2H3,(H,35,38)(H,36,39)/t26-,27+/m1/s1. The molecule has 6 rings (SSSR count). The summed E-state index contributed by atoms with van der Waals surface area (Å²) in [5, 5.41) is 15.2. The molecule has 3 aromatic rings. The number of hydrogen-bond donors (Lipinski definition) is 2. The van der Waals surface area contributed by atoms with E-state index in [1.54, 1.807) is 60.5 Å². The van der Waals surface area contributed by atoms with Gasteiger partial charge in [-0.25, -0.2) is 0 Å². The molecular formula is C33H34N4O7. The van der Waals surface area contributed by atoms with E-state index in [0.29, 0.717) is 53.5 Å². The van der Waals surface area contributed by atoms with E-state index in [9.17, 15) is 19.6 Å². The second kappa shape index (κ2) is 13.8. The monoisotopic (exact) mass is 598 g/mol. The number of likely N-dealkylation sites (tertiary alicyclic amines) is 1. The molecule has 3 aliphatic rings. The van der Waals surface area contributed by atoms with Crippen LogP contribution in [0.1, 0.15) is 39.9 Å². The minimum Gasteiger partial charge on any atom is -0.496 e. The van der Waals surface area contributed by atoms with E-state index in [4.69, 9.17) is 18.9 Å². The van der Waals surface area contributed by atoms with Crippen LogP contribution < -0.4 is 29.6 Å². The molecule has 2 N–H and O–H groups in total. The Kier molecular flexibility index (Phi) is 9.49. The highest BCUT2D eigenvalue weighted by Gasteiger charge is 2.35. The Labute approximate surface area is 255 Å². The zero-order chi connectivity index (χ0) is 31.1. The molecule has 1 fully saturated rings. The molecule has 0 aromatic heterocycles. The predicted octanol–water partition coefficient (Wildman–Crippen LogP) is 3.00. The number of hydrogen-bond acceptors (Lipinski definition) is 8. The molecule has 3 aromatic carbocycles. The Morgan fingerprint density at radius 1 is 1.00 bits per heavy atom. The number of nitrogens with zero attached hydrogens (tertiary/aromatic N) is 2. The second-order valence-electron chi connectivity index (χ2n) is 10.6. The number of rotatable bonds is 3. The average molecular weight is 599 g/mol. The highest BCUT2D eigenvalue weighted by molar-refractivity contribution is 5.94. The topological polar surface area (TPSA) is 139 Å². The zero-order valence-electron chi connectivity index (χ0n) is 24.6. The lowest BCUT2D eigenvalue weighted by atomic mass is 10.00. The normalized spacial score (nSPS) is 18.9. The highest BCUT2D eigenvalue weighted by atomic mass is 16.5. The van der Waals surface area contributed by atoms with E-state index in [1.807, 2.05) is 12.1 Å². The van der Waals surface area contributed by atoms with Crippen molar-refractivity contribution >= 4 is 17.7 Å². The Morgan fingerprint density at radius 3 is 2.64 bits per heavy atom. The van der Waals surface area contributed by atoms with Gasteiger partial charge < -0.3 is 34.5 Å². The Morgan fingerprint density at radius 2 is 1.84 bits per heavy atom.